The Morgan fingerprint density at radius 1 is 1.67 bits per heavy atom. The van der Waals surface area contributed by atoms with Gasteiger partial charge in [-0.25, -0.2) is 0 Å². The third-order valence-corrected chi connectivity index (χ3v) is 0.859. The standard InChI is InChI=1S/C6H6NO.Y/c8-5-6-2-1-3-7-4-6;/h1-2,4,8H,5H2;/q-1;. The molecule has 0 saturated heterocycles. The number of nitrogens with zero attached hydrogens (tertiary/aromatic N) is 1. The molecule has 0 aromatic carbocycles. The van der Waals surface area contributed by atoms with E-state index in [9.17, 15) is 0 Å². The molecule has 45 valence electrons. The fraction of sp³-hybridized carbons (Fsp3) is 0.167. The Hall–Kier alpha value is 0.214. The maximum absolute atomic E-state index is 8.48. The Morgan fingerprint density at radius 3 is 2.78 bits per heavy atom. The SMILES string of the molecule is OCc1cc[c-]nc1.[Y]. The van der Waals surface area contributed by atoms with Crippen molar-refractivity contribution in [2.75, 3.05) is 0 Å². The molecule has 1 rings (SSSR count). The minimum Gasteiger partial charge on any atom is -0.394 e. The van der Waals surface area contributed by atoms with Crippen LogP contribution in [0.1, 0.15) is 5.56 Å². The molecule has 0 bridgehead atoms. The summed E-state index contributed by atoms with van der Waals surface area (Å²) < 4.78 is 0. The molecule has 1 N–H and O–H groups in total. The van der Waals surface area contributed by atoms with Gasteiger partial charge >= 0.3 is 0 Å². The van der Waals surface area contributed by atoms with E-state index in [0.29, 0.717) is 0 Å². The number of hydrogen-bond donors (Lipinski definition) is 1. The molecular formula is C6H6NOY-. The molecule has 0 amide bonds. The van der Waals surface area contributed by atoms with Gasteiger partial charge in [-0.05, 0) is 0 Å². The molecule has 0 aliphatic carbocycles. The first-order chi connectivity index (χ1) is 3.93. The van der Waals surface area contributed by atoms with Crippen molar-refractivity contribution in [2.24, 2.45) is 0 Å². The van der Waals surface area contributed by atoms with Crippen molar-refractivity contribution in [3.8, 4) is 0 Å². The van der Waals surface area contributed by atoms with Gasteiger partial charge in [0.2, 0.25) is 0 Å². The number of aliphatic hydroxyl groups is 1. The maximum Gasteiger partial charge on any atom is 0.0475 e. The van der Waals surface area contributed by atoms with Crippen LogP contribution in [0, 0.1) is 6.20 Å². The maximum atomic E-state index is 8.48. The molecule has 1 radical (unpaired) electrons. The average molecular weight is 197 g/mol. The second-order valence-corrected chi connectivity index (χ2v) is 1.45. The first-order valence-electron chi connectivity index (χ1n) is 2.35. The van der Waals surface area contributed by atoms with Gasteiger partial charge in [0.25, 0.3) is 0 Å². The molecule has 0 fully saturated rings. The second-order valence-electron chi connectivity index (χ2n) is 1.45. The first kappa shape index (κ1) is 9.21. The molecule has 9 heavy (non-hydrogen) atoms. The van der Waals surface area contributed by atoms with Gasteiger partial charge in [0.05, 0.1) is 0 Å². The molecular weight excluding hydrogens is 191 g/mol. The topological polar surface area (TPSA) is 33.1 Å². The molecule has 0 aliphatic heterocycles. The van der Waals surface area contributed by atoms with E-state index in [-0.39, 0.29) is 39.3 Å². The van der Waals surface area contributed by atoms with Crippen LogP contribution < -0.4 is 0 Å². The van der Waals surface area contributed by atoms with E-state index in [2.05, 4.69) is 11.2 Å². The van der Waals surface area contributed by atoms with Gasteiger partial charge in [-0.2, -0.15) is 12.1 Å². The molecule has 0 unspecified atom stereocenters. The quantitative estimate of drug-likeness (QED) is 0.660. The van der Waals surface area contributed by atoms with Gasteiger partial charge in [-0.3, -0.25) is 0 Å². The van der Waals surface area contributed by atoms with Crippen LogP contribution in [-0.2, 0) is 39.3 Å². The second kappa shape index (κ2) is 5.04. The smallest absolute Gasteiger partial charge is 0.0475 e. The zero-order chi connectivity index (χ0) is 5.82. The molecule has 1 aromatic rings. The van der Waals surface area contributed by atoms with Crippen molar-refractivity contribution in [3.05, 3.63) is 30.1 Å². The van der Waals surface area contributed by atoms with Crippen molar-refractivity contribution >= 4 is 0 Å². The molecule has 0 atom stereocenters. The number of pyridine rings is 1. The molecule has 1 aromatic heterocycles. The molecule has 2 nitrogen and oxygen atoms in total. The minimum atomic E-state index is 0. The van der Waals surface area contributed by atoms with Crippen LogP contribution in [0.3, 0.4) is 0 Å². The number of aromatic nitrogens is 1. The first-order valence-corrected chi connectivity index (χ1v) is 2.35. The van der Waals surface area contributed by atoms with E-state index in [1.54, 1.807) is 18.3 Å². The predicted octanol–water partition coefficient (Wildman–Crippen LogP) is 0.372. The predicted molar refractivity (Wildman–Crippen MR) is 29.0 cm³/mol. The monoisotopic (exact) mass is 197 g/mol. The van der Waals surface area contributed by atoms with E-state index in [1.807, 2.05) is 0 Å². The van der Waals surface area contributed by atoms with E-state index in [0.717, 1.165) is 5.56 Å². The number of rotatable bonds is 1. The van der Waals surface area contributed by atoms with Gasteiger partial charge in [-0.1, -0.05) is 12.4 Å². The Bertz CT molecular complexity index is 154. The zero-order valence-corrected chi connectivity index (χ0v) is 7.75. The van der Waals surface area contributed by atoms with Crippen LogP contribution in [0.15, 0.2) is 18.3 Å². The summed E-state index contributed by atoms with van der Waals surface area (Å²) >= 11 is 0. The van der Waals surface area contributed by atoms with Crippen LogP contribution in [0.5, 0.6) is 0 Å². The summed E-state index contributed by atoms with van der Waals surface area (Å²) in [6, 6.07) is 3.44. The average Bonchev–Trinajstić information content (AvgIpc) is 1.90. The summed E-state index contributed by atoms with van der Waals surface area (Å²) in [7, 11) is 0. The minimum absolute atomic E-state index is 0. The van der Waals surface area contributed by atoms with Crippen molar-refractivity contribution in [3.63, 3.8) is 0 Å². The van der Waals surface area contributed by atoms with E-state index >= 15 is 0 Å². The summed E-state index contributed by atoms with van der Waals surface area (Å²) in [5.41, 5.74) is 0.823. The van der Waals surface area contributed by atoms with Crippen molar-refractivity contribution in [1.82, 2.24) is 4.98 Å². The van der Waals surface area contributed by atoms with Crippen LogP contribution >= 0.6 is 0 Å². The van der Waals surface area contributed by atoms with Crippen LogP contribution in [-0.4, -0.2) is 10.1 Å². The molecule has 0 aliphatic rings. The van der Waals surface area contributed by atoms with Crippen LogP contribution in [0.25, 0.3) is 0 Å². The summed E-state index contributed by atoms with van der Waals surface area (Å²) in [5, 5.41) is 8.48. The van der Waals surface area contributed by atoms with Gasteiger partial charge in [0, 0.05) is 39.3 Å². The number of aliphatic hydroxyl groups excluding tert-OH is 1. The van der Waals surface area contributed by atoms with E-state index < -0.39 is 0 Å². The van der Waals surface area contributed by atoms with E-state index in [4.69, 9.17) is 5.11 Å². The van der Waals surface area contributed by atoms with Crippen LogP contribution in [0.2, 0.25) is 0 Å². The zero-order valence-electron chi connectivity index (χ0n) is 4.91. The van der Waals surface area contributed by atoms with Crippen molar-refractivity contribution in [1.29, 1.82) is 0 Å². The third-order valence-electron chi connectivity index (χ3n) is 0.859. The van der Waals surface area contributed by atoms with Crippen molar-refractivity contribution in [2.45, 2.75) is 6.61 Å². The fourth-order valence-corrected chi connectivity index (χ4v) is 0.444. The molecule has 0 saturated carbocycles. The molecule has 1 heterocycles. The van der Waals surface area contributed by atoms with Crippen LogP contribution in [0.4, 0.5) is 0 Å². The van der Waals surface area contributed by atoms with Gasteiger partial charge in [0.1, 0.15) is 0 Å². The van der Waals surface area contributed by atoms with Gasteiger partial charge in [-0.15, -0.1) is 5.56 Å². The molecule has 3 heteroatoms. The third kappa shape index (κ3) is 3.04. The fourth-order valence-electron chi connectivity index (χ4n) is 0.444. The Labute approximate surface area is 79.2 Å². The van der Waals surface area contributed by atoms with Crippen molar-refractivity contribution < 1.29 is 37.8 Å². The summed E-state index contributed by atoms with van der Waals surface area (Å²) in [6.07, 6.45) is 4.19. The van der Waals surface area contributed by atoms with Gasteiger partial charge < -0.3 is 10.1 Å². The Balaban J connectivity index is 0.000000640. The summed E-state index contributed by atoms with van der Waals surface area (Å²) in [6.45, 7) is 0.0572. The molecule has 0 spiro atoms. The van der Waals surface area contributed by atoms with E-state index in [1.165, 1.54) is 0 Å². The summed E-state index contributed by atoms with van der Waals surface area (Å²) in [4.78, 5) is 3.67. The largest absolute Gasteiger partial charge is 0.394 e. The summed E-state index contributed by atoms with van der Waals surface area (Å²) in [5.74, 6) is 0. The Kier molecular flexibility index (Phi) is 5.15. The Morgan fingerprint density at radius 2 is 2.44 bits per heavy atom. The normalized spacial score (nSPS) is 8.11. The van der Waals surface area contributed by atoms with Gasteiger partial charge in [0.15, 0.2) is 0 Å². The number of hydrogen-bond acceptors (Lipinski definition) is 2.